The maximum atomic E-state index is 12.0. The van der Waals surface area contributed by atoms with Crippen LogP contribution >= 0.6 is 0 Å². The Hall–Kier alpha value is -1.04. The predicted molar refractivity (Wildman–Crippen MR) is 75.5 cm³/mol. The molecule has 0 aliphatic heterocycles. The van der Waals surface area contributed by atoms with Gasteiger partial charge in [0.2, 0.25) is 20.0 Å². The SMILES string of the molecule is COCC(O)CCNS(=O)(=O)c1cccc(S(N)(=O)=O)c1. The molecule has 8 nitrogen and oxygen atoms in total. The highest BCUT2D eigenvalue weighted by Crippen LogP contribution is 2.14. The highest BCUT2D eigenvalue weighted by atomic mass is 32.2. The van der Waals surface area contributed by atoms with Crippen LogP contribution in [0.15, 0.2) is 34.1 Å². The first-order valence-electron chi connectivity index (χ1n) is 5.96. The first-order chi connectivity index (χ1) is 9.66. The largest absolute Gasteiger partial charge is 0.391 e. The van der Waals surface area contributed by atoms with Crippen molar-refractivity contribution in [3.63, 3.8) is 0 Å². The molecule has 0 aliphatic rings. The van der Waals surface area contributed by atoms with E-state index in [1.807, 2.05) is 0 Å². The minimum Gasteiger partial charge on any atom is -0.391 e. The van der Waals surface area contributed by atoms with E-state index in [2.05, 4.69) is 4.72 Å². The Morgan fingerprint density at radius 1 is 1.29 bits per heavy atom. The van der Waals surface area contributed by atoms with Crippen molar-refractivity contribution in [2.45, 2.75) is 22.3 Å². The Morgan fingerprint density at radius 3 is 2.48 bits per heavy atom. The molecule has 1 aromatic carbocycles. The third-order valence-electron chi connectivity index (χ3n) is 2.57. The number of sulfonamides is 2. The summed E-state index contributed by atoms with van der Waals surface area (Å²) in [6.07, 6.45) is -0.615. The number of aliphatic hydroxyl groups is 1. The molecule has 1 unspecified atom stereocenters. The van der Waals surface area contributed by atoms with Crippen molar-refractivity contribution in [2.75, 3.05) is 20.3 Å². The maximum Gasteiger partial charge on any atom is 0.240 e. The fourth-order valence-electron chi connectivity index (χ4n) is 1.54. The van der Waals surface area contributed by atoms with E-state index >= 15 is 0 Å². The lowest BCUT2D eigenvalue weighted by Crippen LogP contribution is -2.28. The highest BCUT2D eigenvalue weighted by Gasteiger charge is 2.17. The second-order valence-corrected chi connectivity index (χ2v) is 7.64. The van der Waals surface area contributed by atoms with Gasteiger partial charge >= 0.3 is 0 Å². The molecule has 0 radical (unpaired) electrons. The van der Waals surface area contributed by atoms with Crippen molar-refractivity contribution in [1.29, 1.82) is 0 Å². The molecule has 0 saturated carbocycles. The van der Waals surface area contributed by atoms with E-state index in [1.54, 1.807) is 0 Å². The van der Waals surface area contributed by atoms with Crippen LogP contribution in [0.1, 0.15) is 6.42 Å². The molecule has 0 spiro atoms. The topological polar surface area (TPSA) is 136 Å². The summed E-state index contributed by atoms with van der Waals surface area (Å²) in [4.78, 5) is -0.500. The number of nitrogens with two attached hydrogens (primary N) is 1. The van der Waals surface area contributed by atoms with E-state index in [0.717, 1.165) is 6.07 Å². The second-order valence-electron chi connectivity index (χ2n) is 4.32. The Kier molecular flexibility index (Phi) is 6.25. The van der Waals surface area contributed by atoms with Crippen molar-refractivity contribution >= 4 is 20.0 Å². The lowest BCUT2D eigenvalue weighted by molar-refractivity contribution is 0.0603. The number of primary sulfonamides is 1. The summed E-state index contributed by atoms with van der Waals surface area (Å²) in [5, 5.41) is 14.4. The third kappa shape index (κ3) is 5.69. The van der Waals surface area contributed by atoms with E-state index in [-0.39, 0.29) is 29.4 Å². The summed E-state index contributed by atoms with van der Waals surface area (Å²) < 4.78 is 53.4. The summed E-state index contributed by atoms with van der Waals surface area (Å²) >= 11 is 0. The molecule has 0 bridgehead atoms. The average molecular weight is 338 g/mol. The smallest absolute Gasteiger partial charge is 0.240 e. The Morgan fingerprint density at radius 2 is 1.90 bits per heavy atom. The third-order valence-corrected chi connectivity index (χ3v) is 4.94. The zero-order valence-electron chi connectivity index (χ0n) is 11.4. The van der Waals surface area contributed by atoms with Gasteiger partial charge in [0.05, 0.1) is 22.5 Å². The van der Waals surface area contributed by atoms with Gasteiger partial charge in [-0.1, -0.05) is 6.07 Å². The number of hydrogen-bond acceptors (Lipinski definition) is 6. The summed E-state index contributed by atoms with van der Waals surface area (Å²) in [5.41, 5.74) is 0. The second kappa shape index (κ2) is 7.29. The standard InChI is InChI=1S/C11H18N2O6S2/c1-19-8-9(14)5-6-13-21(17,18)11-4-2-3-10(7-11)20(12,15)16/h2-4,7,9,13-14H,5-6,8H2,1H3,(H2,12,15,16). The van der Waals surface area contributed by atoms with E-state index < -0.39 is 26.2 Å². The van der Waals surface area contributed by atoms with Crippen molar-refractivity contribution in [3.05, 3.63) is 24.3 Å². The number of rotatable bonds is 8. The molecule has 1 aromatic rings. The van der Waals surface area contributed by atoms with E-state index in [4.69, 9.17) is 9.88 Å². The number of nitrogens with one attached hydrogen (secondary N) is 1. The van der Waals surface area contributed by atoms with Gasteiger partial charge in [-0.25, -0.2) is 26.7 Å². The molecular formula is C11H18N2O6S2. The van der Waals surface area contributed by atoms with Gasteiger partial charge in [0.25, 0.3) is 0 Å². The van der Waals surface area contributed by atoms with Crippen LogP contribution in [0.2, 0.25) is 0 Å². The number of hydrogen-bond donors (Lipinski definition) is 3. The fraction of sp³-hybridized carbons (Fsp3) is 0.455. The van der Waals surface area contributed by atoms with Crippen molar-refractivity contribution in [3.8, 4) is 0 Å². The van der Waals surface area contributed by atoms with Crippen LogP contribution in [0, 0.1) is 0 Å². The van der Waals surface area contributed by atoms with Gasteiger partial charge in [-0.2, -0.15) is 0 Å². The molecule has 0 aromatic heterocycles. The minimum atomic E-state index is -3.98. The van der Waals surface area contributed by atoms with Gasteiger partial charge < -0.3 is 9.84 Å². The summed E-state index contributed by atoms with van der Waals surface area (Å²) in [5.74, 6) is 0. The average Bonchev–Trinajstić information content (AvgIpc) is 2.38. The lowest BCUT2D eigenvalue weighted by atomic mass is 10.3. The molecule has 21 heavy (non-hydrogen) atoms. The van der Waals surface area contributed by atoms with E-state index in [1.165, 1.54) is 25.3 Å². The normalized spacial score (nSPS) is 14.0. The van der Waals surface area contributed by atoms with Crippen LogP contribution in [0.4, 0.5) is 0 Å². The molecule has 0 fully saturated rings. The van der Waals surface area contributed by atoms with Gasteiger partial charge in [0.1, 0.15) is 0 Å². The van der Waals surface area contributed by atoms with Crippen molar-refractivity contribution in [2.24, 2.45) is 5.14 Å². The van der Waals surface area contributed by atoms with Crippen LogP contribution in [-0.4, -0.2) is 48.3 Å². The van der Waals surface area contributed by atoms with E-state index in [0.29, 0.717) is 0 Å². The predicted octanol–water partition coefficient (Wildman–Crippen LogP) is -0.990. The molecule has 0 saturated heterocycles. The van der Waals surface area contributed by atoms with Crippen LogP contribution in [-0.2, 0) is 24.8 Å². The van der Waals surface area contributed by atoms with Gasteiger partial charge in [-0.3, -0.25) is 0 Å². The lowest BCUT2D eigenvalue weighted by Gasteiger charge is -2.11. The highest BCUT2D eigenvalue weighted by molar-refractivity contribution is 7.90. The molecule has 10 heteroatoms. The number of ether oxygens (including phenoxy) is 1. The van der Waals surface area contributed by atoms with Crippen LogP contribution in [0.5, 0.6) is 0 Å². The van der Waals surface area contributed by atoms with Crippen LogP contribution in [0.3, 0.4) is 0 Å². The summed E-state index contributed by atoms with van der Waals surface area (Å²) in [7, 11) is -6.43. The zero-order valence-corrected chi connectivity index (χ0v) is 13.0. The maximum absolute atomic E-state index is 12.0. The van der Waals surface area contributed by atoms with Crippen LogP contribution in [0.25, 0.3) is 0 Å². The molecular weight excluding hydrogens is 320 g/mol. The molecule has 0 aliphatic carbocycles. The molecule has 0 amide bonds. The van der Waals surface area contributed by atoms with Crippen molar-refractivity contribution < 1.29 is 26.7 Å². The number of methoxy groups -OCH3 is 1. The Bertz CT molecular complexity index is 672. The molecule has 1 atom stereocenters. The quantitative estimate of drug-likeness (QED) is 0.557. The molecule has 0 heterocycles. The summed E-state index contributed by atoms with van der Waals surface area (Å²) in [6, 6.07) is 4.72. The zero-order chi connectivity index (χ0) is 16.1. The van der Waals surface area contributed by atoms with E-state index in [9.17, 15) is 21.9 Å². The Labute approximate surface area is 124 Å². The Balaban J connectivity index is 2.80. The molecule has 120 valence electrons. The van der Waals surface area contributed by atoms with Gasteiger partial charge in [0, 0.05) is 13.7 Å². The fourth-order valence-corrected chi connectivity index (χ4v) is 3.26. The monoisotopic (exact) mass is 338 g/mol. The van der Waals surface area contributed by atoms with Gasteiger partial charge in [-0.05, 0) is 24.6 Å². The summed E-state index contributed by atoms with van der Waals surface area (Å²) in [6.45, 7) is 0.0924. The minimum absolute atomic E-state index is 0.00748. The first-order valence-corrected chi connectivity index (χ1v) is 8.99. The number of benzene rings is 1. The van der Waals surface area contributed by atoms with Gasteiger partial charge in [0.15, 0.2) is 0 Å². The molecule has 1 rings (SSSR count). The molecule has 4 N–H and O–H groups in total. The number of aliphatic hydroxyl groups excluding tert-OH is 1. The van der Waals surface area contributed by atoms with Crippen LogP contribution < -0.4 is 9.86 Å². The van der Waals surface area contributed by atoms with Crippen molar-refractivity contribution in [1.82, 2.24) is 4.72 Å². The van der Waals surface area contributed by atoms with Gasteiger partial charge in [-0.15, -0.1) is 0 Å². The first kappa shape index (κ1) is 18.0.